The zero-order valence-corrected chi connectivity index (χ0v) is 19.6. The van der Waals surface area contributed by atoms with Crippen LogP contribution in [0, 0.1) is 20.8 Å². The Bertz CT molecular complexity index is 1060. The SMILES string of the molecule is Cc1ccccc1S(=O)(=O)N1CCN(CC(=O)c2cc(C)n(C3CCCC3)c2C)CC1. The molecular formula is C24H33N3O3S. The molecule has 2 aromatic rings. The van der Waals surface area contributed by atoms with Crippen molar-refractivity contribution in [3.63, 3.8) is 0 Å². The molecule has 0 unspecified atom stereocenters. The largest absolute Gasteiger partial charge is 0.345 e. The first-order chi connectivity index (χ1) is 14.8. The van der Waals surface area contributed by atoms with Crippen LogP contribution in [0.5, 0.6) is 0 Å². The quantitative estimate of drug-likeness (QED) is 0.639. The number of ketones is 1. The highest BCUT2D eigenvalue weighted by atomic mass is 32.2. The number of piperazine rings is 1. The molecule has 0 amide bonds. The molecule has 31 heavy (non-hydrogen) atoms. The summed E-state index contributed by atoms with van der Waals surface area (Å²) >= 11 is 0. The third-order valence-electron chi connectivity index (χ3n) is 6.88. The van der Waals surface area contributed by atoms with Gasteiger partial charge in [0.05, 0.1) is 11.4 Å². The van der Waals surface area contributed by atoms with E-state index in [0.717, 1.165) is 16.8 Å². The number of aryl methyl sites for hydroxylation is 2. The van der Waals surface area contributed by atoms with Gasteiger partial charge in [0, 0.05) is 49.2 Å². The van der Waals surface area contributed by atoms with Gasteiger partial charge in [-0.05, 0) is 51.3 Å². The fourth-order valence-electron chi connectivity index (χ4n) is 5.18. The Labute approximate surface area is 185 Å². The van der Waals surface area contributed by atoms with E-state index in [1.165, 1.54) is 31.4 Å². The second-order valence-electron chi connectivity index (χ2n) is 8.96. The van der Waals surface area contributed by atoms with Gasteiger partial charge in [0.2, 0.25) is 10.0 Å². The summed E-state index contributed by atoms with van der Waals surface area (Å²) in [5.41, 5.74) is 3.83. The topological polar surface area (TPSA) is 62.6 Å². The number of carbonyl (C=O) groups excluding carboxylic acids is 1. The summed E-state index contributed by atoms with van der Waals surface area (Å²) in [6.45, 7) is 8.27. The van der Waals surface area contributed by atoms with Crippen LogP contribution < -0.4 is 0 Å². The Morgan fingerprint density at radius 1 is 1.00 bits per heavy atom. The van der Waals surface area contributed by atoms with Gasteiger partial charge in [-0.1, -0.05) is 31.0 Å². The minimum atomic E-state index is -3.50. The number of nitrogens with zero attached hydrogens (tertiary/aromatic N) is 3. The number of hydrogen-bond donors (Lipinski definition) is 0. The summed E-state index contributed by atoms with van der Waals surface area (Å²) in [7, 11) is -3.50. The van der Waals surface area contributed by atoms with Crippen molar-refractivity contribution in [3.8, 4) is 0 Å². The molecule has 2 aliphatic rings. The summed E-state index contributed by atoms with van der Waals surface area (Å²) in [5, 5.41) is 0. The minimum absolute atomic E-state index is 0.132. The summed E-state index contributed by atoms with van der Waals surface area (Å²) < 4.78 is 29.9. The van der Waals surface area contributed by atoms with Crippen molar-refractivity contribution in [3.05, 3.63) is 52.8 Å². The van der Waals surface area contributed by atoms with Crippen LogP contribution in [-0.2, 0) is 10.0 Å². The molecule has 0 N–H and O–H groups in total. The molecule has 2 fully saturated rings. The Morgan fingerprint density at radius 2 is 1.65 bits per heavy atom. The molecule has 2 heterocycles. The lowest BCUT2D eigenvalue weighted by atomic mass is 10.1. The van der Waals surface area contributed by atoms with E-state index >= 15 is 0 Å². The van der Waals surface area contributed by atoms with Crippen LogP contribution in [-0.4, -0.2) is 60.7 Å². The lowest BCUT2D eigenvalue weighted by molar-refractivity contribution is 0.0901. The average molecular weight is 444 g/mol. The Balaban J connectivity index is 1.40. The number of rotatable bonds is 6. The number of benzene rings is 1. The molecular weight excluding hydrogens is 410 g/mol. The highest BCUT2D eigenvalue weighted by Gasteiger charge is 2.31. The van der Waals surface area contributed by atoms with Gasteiger partial charge in [-0.15, -0.1) is 0 Å². The van der Waals surface area contributed by atoms with Crippen LogP contribution in [0.25, 0.3) is 0 Å². The first kappa shape index (κ1) is 22.2. The van der Waals surface area contributed by atoms with E-state index in [2.05, 4.69) is 23.3 Å². The summed E-state index contributed by atoms with van der Waals surface area (Å²) in [6.07, 6.45) is 4.92. The Kier molecular flexibility index (Phi) is 6.37. The highest BCUT2D eigenvalue weighted by molar-refractivity contribution is 7.89. The molecule has 0 bridgehead atoms. The van der Waals surface area contributed by atoms with Gasteiger partial charge in [0.15, 0.2) is 5.78 Å². The summed E-state index contributed by atoms with van der Waals surface area (Å²) in [5.74, 6) is 0.132. The van der Waals surface area contributed by atoms with Crippen LogP contribution in [0.1, 0.15) is 59.0 Å². The molecule has 7 heteroatoms. The molecule has 0 spiro atoms. The lowest BCUT2D eigenvalue weighted by Crippen LogP contribution is -2.49. The van der Waals surface area contributed by atoms with E-state index < -0.39 is 10.0 Å². The number of Topliss-reactive ketones (excluding diaryl/α,β-unsaturated/α-hetero) is 1. The maximum absolute atomic E-state index is 13.1. The van der Waals surface area contributed by atoms with Gasteiger partial charge in [-0.3, -0.25) is 9.69 Å². The molecule has 4 rings (SSSR count). The molecule has 1 aliphatic heterocycles. The van der Waals surface area contributed by atoms with Crippen LogP contribution in [0.3, 0.4) is 0 Å². The van der Waals surface area contributed by atoms with Crippen molar-refractivity contribution in [2.24, 2.45) is 0 Å². The highest BCUT2D eigenvalue weighted by Crippen LogP contribution is 2.33. The first-order valence-electron chi connectivity index (χ1n) is 11.3. The molecule has 1 saturated heterocycles. The molecule has 1 aromatic heterocycles. The minimum Gasteiger partial charge on any atom is -0.345 e. The molecule has 0 radical (unpaired) electrons. The monoisotopic (exact) mass is 443 g/mol. The smallest absolute Gasteiger partial charge is 0.243 e. The van der Waals surface area contributed by atoms with Gasteiger partial charge < -0.3 is 4.57 Å². The Morgan fingerprint density at radius 3 is 2.29 bits per heavy atom. The number of sulfonamides is 1. The number of hydrogen-bond acceptors (Lipinski definition) is 4. The molecule has 168 valence electrons. The van der Waals surface area contributed by atoms with Crippen molar-refractivity contribution in [2.75, 3.05) is 32.7 Å². The van der Waals surface area contributed by atoms with Crippen molar-refractivity contribution >= 4 is 15.8 Å². The van der Waals surface area contributed by atoms with Gasteiger partial charge in [-0.25, -0.2) is 8.42 Å². The molecule has 1 aromatic carbocycles. The average Bonchev–Trinajstić information content (AvgIpc) is 3.36. The van der Waals surface area contributed by atoms with Gasteiger partial charge in [-0.2, -0.15) is 4.31 Å². The molecule has 0 atom stereocenters. The van der Waals surface area contributed by atoms with Crippen molar-refractivity contribution in [2.45, 2.75) is 57.4 Å². The molecule has 1 saturated carbocycles. The predicted octanol–water partition coefficient (Wildman–Crippen LogP) is 3.72. The lowest BCUT2D eigenvalue weighted by Gasteiger charge is -2.33. The zero-order valence-electron chi connectivity index (χ0n) is 18.8. The van der Waals surface area contributed by atoms with E-state index in [0.29, 0.717) is 43.7 Å². The standard InChI is InChI=1S/C24H33N3O3S/c1-18-8-4-7-11-24(18)31(29,30)26-14-12-25(13-15-26)17-23(28)22-16-19(2)27(20(22)3)21-9-5-6-10-21/h4,7-8,11,16,21H,5-6,9-10,12-15,17H2,1-3H3. The normalized spacial score (nSPS) is 19.2. The summed E-state index contributed by atoms with van der Waals surface area (Å²) in [4.78, 5) is 15.5. The maximum Gasteiger partial charge on any atom is 0.243 e. The van der Waals surface area contributed by atoms with Crippen LogP contribution in [0.15, 0.2) is 35.2 Å². The van der Waals surface area contributed by atoms with E-state index in [9.17, 15) is 13.2 Å². The van der Waals surface area contributed by atoms with Crippen molar-refractivity contribution in [1.29, 1.82) is 0 Å². The maximum atomic E-state index is 13.1. The number of aromatic nitrogens is 1. The summed E-state index contributed by atoms with van der Waals surface area (Å²) in [6, 6.07) is 9.66. The first-order valence-corrected chi connectivity index (χ1v) is 12.7. The third kappa shape index (κ3) is 4.36. The Hall–Kier alpha value is -1.96. The van der Waals surface area contributed by atoms with Gasteiger partial charge >= 0.3 is 0 Å². The fraction of sp³-hybridized carbons (Fsp3) is 0.542. The van der Waals surface area contributed by atoms with Crippen molar-refractivity contribution in [1.82, 2.24) is 13.8 Å². The molecule has 6 nitrogen and oxygen atoms in total. The second-order valence-corrected chi connectivity index (χ2v) is 10.9. The van der Waals surface area contributed by atoms with Crippen LogP contribution in [0.4, 0.5) is 0 Å². The second kappa shape index (κ2) is 8.88. The fourth-order valence-corrected chi connectivity index (χ4v) is 6.83. The third-order valence-corrected chi connectivity index (χ3v) is 8.94. The van der Waals surface area contributed by atoms with E-state index in [-0.39, 0.29) is 5.78 Å². The van der Waals surface area contributed by atoms with Crippen molar-refractivity contribution < 1.29 is 13.2 Å². The van der Waals surface area contributed by atoms with E-state index in [1.54, 1.807) is 16.4 Å². The van der Waals surface area contributed by atoms with E-state index in [4.69, 9.17) is 0 Å². The van der Waals surface area contributed by atoms with E-state index in [1.807, 2.05) is 25.1 Å². The van der Waals surface area contributed by atoms with Gasteiger partial charge in [0.1, 0.15) is 0 Å². The molecule has 1 aliphatic carbocycles. The zero-order chi connectivity index (χ0) is 22.2. The van der Waals surface area contributed by atoms with Gasteiger partial charge in [0.25, 0.3) is 0 Å². The van der Waals surface area contributed by atoms with Crippen LogP contribution in [0.2, 0.25) is 0 Å². The van der Waals surface area contributed by atoms with Crippen LogP contribution >= 0.6 is 0 Å². The number of carbonyl (C=O) groups is 1. The predicted molar refractivity (Wildman–Crippen MR) is 122 cm³/mol.